The number of fused-ring (bicyclic) bond motifs is 1. The van der Waals surface area contributed by atoms with Gasteiger partial charge >= 0.3 is 0 Å². The van der Waals surface area contributed by atoms with Gasteiger partial charge in [-0.1, -0.05) is 12.1 Å². The van der Waals surface area contributed by atoms with Crippen molar-refractivity contribution in [2.45, 2.75) is 31.9 Å². The molecular formula is C16H22N2O3. The number of carbonyl (C=O) groups is 1. The number of ether oxygens (including phenoxy) is 2. The van der Waals surface area contributed by atoms with Gasteiger partial charge in [0.2, 0.25) is 5.91 Å². The van der Waals surface area contributed by atoms with Gasteiger partial charge in [-0.05, 0) is 45.0 Å². The molecule has 1 aromatic rings. The second kappa shape index (κ2) is 6.35. The normalized spacial score (nSPS) is 22.8. The average molecular weight is 290 g/mol. The lowest BCUT2D eigenvalue weighted by Crippen LogP contribution is -2.48. The molecule has 2 atom stereocenters. The molecule has 0 aromatic heterocycles. The van der Waals surface area contributed by atoms with E-state index in [-0.39, 0.29) is 18.1 Å². The fourth-order valence-electron chi connectivity index (χ4n) is 2.82. The standard InChI is InChI=1S/C16H22N2O3/c1-12(18-8-4-5-9-18)16(19)17-10-13-11-20-14-6-2-3-7-15(14)21-13/h2-3,6-7,12-13H,4-5,8-11H2,1H3,(H,17,19)/t12-,13-/m0/s1. The van der Waals surface area contributed by atoms with Crippen LogP contribution in [0.1, 0.15) is 19.8 Å². The Balaban J connectivity index is 1.48. The topological polar surface area (TPSA) is 50.8 Å². The number of benzene rings is 1. The van der Waals surface area contributed by atoms with Crippen LogP contribution in [0.3, 0.4) is 0 Å². The lowest BCUT2D eigenvalue weighted by atomic mass is 10.2. The molecule has 0 spiro atoms. The van der Waals surface area contributed by atoms with Crippen LogP contribution in [-0.4, -0.2) is 49.2 Å². The molecule has 2 aliphatic rings. The van der Waals surface area contributed by atoms with E-state index in [1.54, 1.807) is 0 Å². The van der Waals surface area contributed by atoms with E-state index >= 15 is 0 Å². The third kappa shape index (κ3) is 3.29. The predicted octanol–water partition coefficient (Wildman–Crippen LogP) is 1.43. The molecule has 3 rings (SSSR count). The van der Waals surface area contributed by atoms with E-state index in [2.05, 4.69) is 10.2 Å². The first-order valence-corrected chi connectivity index (χ1v) is 7.64. The van der Waals surface area contributed by atoms with Gasteiger partial charge in [0, 0.05) is 0 Å². The van der Waals surface area contributed by atoms with E-state index in [1.807, 2.05) is 31.2 Å². The Morgan fingerprint density at radius 1 is 1.33 bits per heavy atom. The fourth-order valence-corrected chi connectivity index (χ4v) is 2.82. The van der Waals surface area contributed by atoms with Crippen molar-refractivity contribution in [2.75, 3.05) is 26.2 Å². The summed E-state index contributed by atoms with van der Waals surface area (Å²) in [5, 5.41) is 2.97. The van der Waals surface area contributed by atoms with Crippen molar-refractivity contribution in [3.63, 3.8) is 0 Å². The Morgan fingerprint density at radius 3 is 2.81 bits per heavy atom. The van der Waals surface area contributed by atoms with E-state index in [0.717, 1.165) is 24.6 Å². The van der Waals surface area contributed by atoms with Gasteiger partial charge in [-0.25, -0.2) is 0 Å². The largest absolute Gasteiger partial charge is 0.486 e. The van der Waals surface area contributed by atoms with Crippen LogP contribution in [0.15, 0.2) is 24.3 Å². The zero-order valence-corrected chi connectivity index (χ0v) is 12.4. The van der Waals surface area contributed by atoms with Crippen LogP contribution in [0.4, 0.5) is 0 Å². The van der Waals surface area contributed by atoms with E-state index in [4.69, 9.17) is 9.47 Å². The molecule has 0 saturated carbocycles. The van der Waals surface area contributed by atoms with Crippen molar-refractivity contribution in [3.8, 4) is 11.5 Å². The van der Waals surface area contributed by atoms with Crippen LogP contribution in [0, 0.1) is 0 Å². The summed E-state index contributed by atoms with van der Waals surface area (Å²) in [6.45, 7) is 4.95. The van der Waals surface area contributed by atoms with Crippen LogP contribution >= 0.6 is 0 Å². The highest BCUT2D eigenvalue weighted by atomic mass is 16.6. The maximum absolute atomic E-state index is 12.2. The van der Waals surface area contributed by atoms with Crippen molar-refractivity contribution in [3.05, 3.63) is 24.3 Å². The summed E-state index contributed by atoms with van der Waals surface area (Å²) in [7, 11) is 0. The molecule has 1 fully saturated rings. The van der Waals surface area contributed by atoms with Crippen LogP contribution in [-0.2, 0) is 4.79 Å². The first-order chi connectivity index (χ1) is 10.2. The van der Waals surface area contributed by atoms with Crippen molar-refractivity contribution in [2.24, 2.45) is 0 Å². The quantitative estimate of drug-likeness (QED) is 0.911. The number of nitrogens with zero attached hydrogens (tertiary/aromatic N) is 1. The number of amides is 1. The van der Waals surface area contributed by atoms with Gasteiger partial charge in [0.05, 0.1) is 12.6 Å². The van der Waals surface area contributed by atoms with Gasteiger partial charge in [0.1, 0.15) is 12.7 Å². The fraction of sp³-hybridized carbons (Fsp3) is 0.562. The molecule has 2 aliphatic heterocycles. The molecule has 0 aliphatic carbocycles. The number of carbonyl (C=O) groups excluding carboxylic acids is 1. The second-order valence-electron chi connectivity index (χ2n) is 5.66. The maximum Gasteiger partial charge on any atom is 0.237 e. The van der Waals surface area contributed by atoms with Crippen molar-refractivity contribution < 1.29 is 14.3 Å². The van der Waals surface area contributed by atoms with Crippen LogP contribution in [0.2, 0.25) is 0 Å². The van der Waals surface area contributed by atoms with Crippen LogP contribution in [0.5, 0.6) is 11.5 Å². The highest BCUT2D eigenvalue weighted by Gasteiger charge is 2.26. The van der Waals surface area contributed by atoms with Crippen LogP contribution in [0.25, 0.3) is 0 Å². The molecule has 0 unspecified atom stereocenters. The molecule has 5 heteroatoms. The van der Waals surface area contributed by atoms with Crippen molar-refractivity contribution >= 4 is 5.91 Å². The van der Waals surface area contributed by atoms with Gasteiger partial charge < -0.3 is 14.8 Å². The molecule has 0 bridgehead atoms. The molecule has 21 heavy (non-hydrogen) atoms. The molecule has 1 saturated heterocycles. The maximum atomic E-state index is 12.2. The third-order valence-electron chi connectivity index (χ3n) is 4.14. The average Bonchev–Trinajstić information content (AvgIpc) is 3.06. The number of hydrogen-bond acceptors (Lipinski definition) is 4. The lowest BCUT2D eigenvalue weighted by molar-refractivity contribution is -0.126. The molecule has 114 valence electrons. The highest BCUT2D eigenvalue weighted by molar-refractivity contribution is 5.81. The Morgan fingerprint density at radius 2 is 2.05 bits per heavy atom. The zero-order chi connectivity index (χ0) is 14.7. The number of rotatable bonds is 4. The molecule has 1 N–H and O–H groups in total. The predicted molar refractivity (Wildman–Crippen MR) is 79.6 cm³/mol. The van der Waals surface area contributed by atoms with Gasteiger partial charge in [0.15, 0.2) is 11.5 Å². The smallest absolute Gasteiger partial charge is 0.237 e. The van der Waals surface area contributed by atoms with Crippen molar-refractivity contribution in [1.82, 2.24) is 10.2 Å². The van der Waals surface area contributed by atoms with E-state index in [0.29, 0.717) is 13.2 Å². The number of likely N-dealkylation sites (tertiary alicyclic amines) is 1. The number of para-hydroxylation sites is 2. The highest BCUT2D eigenvalue weighted by Crippen LogP contribution is 2.30. The van der Waals surface area contributed by atoms with Gasteiger partial charge in [-0.15, -0.1) is 0 Å². The summed E-state index contributed by atoms with van der Waals surface area (Å²) in [6, 6.07) is 7.54. The van der Waals surface area contributed by atoms with E-state index in [9.17, 15) is 4.79 Å². The Kier molecular flexibility index (Phi) is 4.29. The molecule has 2 heterocycles. The second-order valence-corrected chi connectivity index (χ2v) is 5.66. The molecular weight excluding hydrogens is 268 g/mol. The molecule has 0 radical (unpaired) electrons. The third-order valence-corrected chi connectivity index (χ3v) is 4.14. The summed E-state index contributed by atoms with van der Waals surface area (Å²) < 4.78 is 11.5. The molecule has 1 amide bonds. The van der Waals surface area contributed by atoms with E-state index in [1.165, 1.54) is 12.8 Å². The van der Waals surface area contributed by atoms with Crippen molar-refractivity contribution in [1.29, 1.82) is 0 Å². The Labute approximate surface area is 125 Å². The Hall–Kier alpha value is -1.75. The monoisotopic (exact) mass is 290 g/mol. The molecule has 1 aromatic carbocycles. The van der Waals surface area contributed by atoms with Gasteiger partial charge in [-0.2, -0.15) is 0 Å². The summed E-state index contributed by atoms with van der Waals surface area (Å²) in [5.74, 6) is 1.58. The summed E-state index contributed by atoms with van der Waals surface area (Å²) in [4.78, 5) is 14.4. The van der Waals surface area contributed by atoms with Gasteiger partial charge in [-0.3, -0.25) is 9.69 Å². The van der Waals surface area contributed by atoms with E-state index < -0.39 is 0 Å². The molecule has 5 nitrogen and oxygen atoms in total. The summed E-state index contributed by atoms with van der Waals surface area (Å²) in [5.41, 5.74) is 0. The lowest BCUT2D eigenvalue weighted by Gasteiger charge is -2.28. The summed E-state index contributed by atoms with van der Waals surface area (Å²) in [6.07, 6.45) is 2.25. The van der Waals surface area contributed by atoms with Gasteiger partial charge in [0.25, 0.3) is 0 Å². The minimum absolute atomic E-state index is 0.0655. The number of nitrogens with one attached hydrogen (secondary N) is 1. The van der Waals surface area contributed by atoms with Crippen LogP contribution < -0.4 is 14.8 Å². The first kappa shape index (κ1) is 14.2. The minimum atomic E-state index is -0.130. The minimum Gasteiger partial charge on any atom is -0.486 e. The number of hydrogen-bond donors (Lipinski definition) is 1. The Bertz CT molecular complexity index is 500. The summed E-state index contributed by atoms with van der Waals surface area (Å²) >= 11 is 0. The first-order valence-electron chi connectivity index (χ1n) is 7.64. The SMILES string of the molecule is C[C@@H](C(=O)NC[C@H]1COc2ccccc2O1)N1CCCC1. The zero-order valence-electron chi connectivity index (χ0n) is 12.4.